The van der Waals surface area contributed by atoms with E-state index in [4.69, 9.17) is 0 Å². The molecule has 6 aliphatic rings. The van der Waals surface area contributed by atoms with Crippen molar-refractivity contribution in [3.63, 3.8) is 0 Å². The number of allylic oxidation sites excluding steroid dienone is 7. The van der Waals surface area contributed by atoms with Crippen LogP contribution < -0.4 is 0 Å². The first-order valence-electron chi connectivity index (χ1n) is 17.3. The molecule has 48 heavy (non-hydrogen) atoms. The Hall–Kier alpha value is -4.26. The minimum Gasteiger partial charge on any atom is -0.288 e. The van der Waals surface area contributed by atoms with E-state index >= 15 is 0 Å². The Morgan fingerprint density at radius 2 is 1.08 bits per heavy atom. The van der Waals surface area contributed by atoms with Gasteiger partial charge in [0.2, 0.25) is 0 Å². The average Bonchev–Trinajstić information content (AvgIpc) is 3.90. The van der Waals surface area contributed by atoms with Gasteiger partial charge in [0.1, 0.15) is 0 Å². The van der Waals surface area contributed by atoms with E-state index in [0.29, 0.717) is 27.8 Å². The molecule has 2 aromatic heterocycles. The zero-order chi connectivity index (χ0) is 32.4. The van der Waals surface area contributed by atoms with E-state index in [1.54, 1.807) is 35.6 Å². The lowest BCUT2D eigenvalue weighted by atomic mass is 9.66. The standard InChI is InChI=1S/C42H32O4S2/c43-35-25-11-3-4-12-26(25)36(44)29(35)19-23-20-31-33(41(23)15-7-1-8-16-41)40-34(42(31)17-9-2-10-18-42)39-32(48-40)22-24(47-39)21-30-37(45)27-13-5-6-14-28(27)38(30)46/h3-6,11-14,19-22H,1-2,7-10,15-18H2. The van der Waals surface area contributed by atoms with Crippen molar-refractivity contribution >= 4 is 66.9 Å². The molecule has 6 aliphatic carbocycles. The highest BCUT2D eigenvalue weighted by molar-refractivity contribution is 7.29. The third kappa shape index (κ3) is 3.65. The lowest BCUT2D eigenvalue weighted by Gasteiger charge is -2.38. The summed E-state index contributed by atoms with van der Waals surface area (Å²) in [5.74, 6) is -0.669. The van der Waals surface area contributed by atoms with Gasteiger partial charge in [-0.25, -0.2) is 0 Å². The van der Waals surface area contributed by atoms with Crippen molar-refractivity contribution in [3.05, 3.63) is 127 Å². The van der Waals surface area contributed by atoms with Crippen molar-refractivity contribution in [2.75, 3.05) is 0 Å². The maximum absolute atomic E-state index is 13.6. The van der Waals surface area contributed by atoms with Crippen molar-refractivity contribution in [1.29, 1.82) is 0 Å². The lowest BCUT2D eigenvalue weighted by molar-refractivity contribution is 0.0973. The van der Waals surface area contributed by atoms with E-state index in [2.05, 4.69) is 12.1 Å². The molecule has 0 N–H and O–H groups in total. The first-order chi connectivity index (χ1) is 23.4. The second-order valence-corrected chi connectivity index (χ2v) is 16.5. The SMILES string of the molecule is O=C1C(=CC2=CC3=C(c4sc5cc(C=C6C(=O)c7ccccc7C6=O)sc5c4C34CCCCC4)C23CCCCC3)C(=O)c2ccccc21. The van der Waals surface area contributed by atoms with Crippen LogP contribution in [0, 0.1) is 5.41 Å². The van der Waals surface area contributed by atoms with E-state index < -0.39 is 0 Å². The normalized spacial score (nSPS) is 21.8. The van der Waals surface area contributed by atoms with Crippen LogP contribution in [0.5, 0.6) is 0 Å². The summed E-state index contributed by atoms with van der Waals surface area (Å²) in [6.45, 7) is 0. The Kier molecular flexibility index (Phi) is 6.06. The fourth-order valence-electron chi connectivity index (χ4n) is 9.86. The maximum Gasteiger partial charge on any atom is 0.197 e. The summed E-state index contributed by atoms with van der Waals surface area (Å²) in [6.07, 6.45) is 17.5. The lowest BCUT2D eigenvalue weighted by Crippen LogP contribution is -2.28. The molecule has 0 radical (unpaired) electrons. The Labute approximate surface area is 286 Å². The fraction of sp³-hybridized carbons (Fsp3) is 0.286. The smallest absolute Gasteiger partial charge is 0.197 e. The van der Waals surface area contributed by atoms with Crippen molar-refractivity contribution in [2.45, 2.75) is 69.6 Å². The van der Waals surface area contributed by atoms with Gasteiger partial charge in [-0.1, -0.05) is 93.1 Å². The monoisotopic (exact) mass is 664 g/mol. The Bertz CT molecular complexity index is 2250. The van der Waals surface area contributed by atoms with E-state index in [0.717, 1.165) is 49.0 Å². The van der Waals surface area contributed by atoms with Crippen molar-refractivity contribution in [1.82, 2.24) is 0 Å². The van der Waals surface area contributed by atoms with Gasteiger partial charge in [0, 0.05) is 47.5 Å². The molecule has 2 fully saturated rings. The van der Waals surface area contributed by atoms with Crippen LogP contribution in [0.25, 0.3) is 21.0 Å². The molecule has 2 aromatic carbocycles. The number of benzene rings is 2. The second-order valence-electron chi connectivity index (χ2n) is 14.3. The Morgan fingerprint density at radius 3 is 1.62 bits per heavy atom. The van der Waals surface area contributed by atoms with Gasteiger partial charge in [0.25, 0.3) is 0 Å². The number of hydrogen-bond donors (Lipinski definition) is 0. The van der Waals surface area contributed by atoms with E-state index in [1.165, 1.54) is 56.7 Å². The summed E-state index contributed by atoms with van der Waals surface area (Å²) >= 11 is 3.59. The van der Waals surface area contributed by atoms with Crippen LogP contribution in [0.15, 0.2) is 89.0 Å². The summed E-state index contributed by atoms with van der Waals surface area (Å²) in [4.78, 5) is 55.9. The van der Waals surface area contributed by atoms with Gasteiger partial charge < -0.3 is 0 Å². The molecule has 0 atom stereocenters. The van der Waals surface area contributed by atoms with Crippen molar-refractivity contribution in [2.24, 2.45) is 5.41 Å². The van der Waals surface area contributed by atoms with Crippen molar-refractivity contribution in [3.8, 4) is 0 Å². The predicted octanol–water partition coefficient (Wildman–Crippen LogP) is 10.3. The first-order valence-corrected chi connectivity index (χ1v) is 18.9. The van der Waals surface area contributed by atoms with Crippen LogP contribution in [0.4, 0.5) is 0 Å². The van der Waals surface area contributed by atoms with Gasteiger partial charge >= 0.3 is 0 Å². The molecular formula is C42H32O4S2. The largest absolute Gasteiger partial charge is 0.288 e. The van der Waals surface area contributed by atoms with E-state index in [-0.39, 0.29) is 39.5 Å². The Balaban J connectivity index is 1.12. The highest BCUT2D eigenvalue weighted by atomic mass is 32.1. The highest BCUT2D eigenvalue weighted by Crippen LogP contribution is 2.70. The van der Waals surface area contributed by atoms with Gasteiger partial charge in [-0.3, -0.25) is 19.2 Å². The third-order valence-electron chi connectivity index (χ3n) is 12.0. The molecule has 0 amide bonds. The summed E-state index contributed by atoms with van der Waals surface area (Å²) in [5, 5.41) is 0. The zero-order valence-electron chi connectivity index (χ0n) is 26.4. The van der Waals surface area contributed by atoms with Crippen LogP contribution in [0.3, 0.4) is 0 Å². The highest BCUT2D eigenvalue weighted by Gasteiger charge is 2.56. The molecule has 2 spiro atoms. The number of ketones is 4. The van der Waals surface area contributed by atoms with Gasteiger partial charge in [-0.15, -0.1) is 22.7 Å². The molecule has 2 heterocycles. The molecule has 10 rings (SSSR count). The number of carbonyl (C=O) groups is 4. The minimum absolute atomic E-state index is 0.0942. The number of hydrogen-bond acceptors (Lipinski definition) is 6. The molecule has 0 aliphatic heterocycles. The number of thiophene rings is 2. The van der Waals surface area contributed by atoms with Gasteiger partial charge in [0.05, 0.1) is 15.8 Å². The van der Waals surface area contributed by atoms with Gasteiger partial charge in [0.15, 0.2) is 23.1 Å². The summed E-state index contributed by atoms with van der Waals surface area (Å²) in [6, 6.07) is 16.5. The molecule has 0 unspecified atom stereocenters. The second kappa shape index (κ2) is 10.1. The molecule has 6 heteroatoms. The van der Waals surface area contributed by atoms with Crippen LogP contribution in [-0.2, 0) is 5.41 Å². The van der Waals surface area contributed by atoms with Gasteiger partial charge in [-0.2, -0.15) is 0 Å². The predicted molar refractivity (Wildman–Crippen MR) is 191 cm³/mol. The van der Waals surface area contributed by atoms with Crippen LogP contribution in [0.1, 0.15) is 121 Å². The fourth-order valence-corrected chi connectivity index (χ4v) is 12.8. The zero-order valence-corrected chi connectivity index (χ0v) is 28.1. The molecular weight excluding hydrogens is 633 g/mol. The summed E-state index contributed by atoms with van der Waals surface area (Å²) < 4.78 is 2.52. The third-order valence-corrected chi connectivity index (χ3v) is 14.4. The number of carbonyl (C=O) groups excluding carboxylic acids is 4. The van der Waals surface area contributed by atoms with Crippen molar-refractivity contribution < 1.29 is 19.2 Å². The average molecular weight is 665 g/mol. The number of Topliss-reactive ketones (excluding diaryl/α,β-unsaturated/α-hetero) is 4. The van der Waals surface area contributed by atoms with Crippen LogP contribution in [-0.4, -0.2) is 23.1 Å². The van der Waals surface area contributed by atoms with Crippen LogP contribution >= 0.6 is 22.7 Å². The molecule has 2 saturated carbocycles. The number of rotatable bonds is 2. The van der Waals surface area contributed by atoms with Gasteiger partial charge in [-0.05, 0) is 66.2 Å². The summed E-state index contributed by atoms with van der Waals surface area (Å²) in [5.41, 5.74) is 7.83. The van der Waals surface area contributed by atoms with Crippen LogP contribution in [0.2, 0.25) is 0 Å². The van der Waals surface area contributed by atoms with E-state index in [9.17, 15) is 19.2 Å². The molecule has 0 bridgehead atoms. The maximum atomic E-state index is 13.6. The molecule has 4 nitrogen and oxygen atoms in total. The van der Waals surface area contributed by atoms with E-state index in [1.807, 2.05) is 47.8 Å². The molecule has 4 aromatic rings. The Morgan fingerprint density at radius 1 is 0.583 bits per heavy atom. The topological polar surface area (TPSA) is 68.3 Å². The molecule has 236 valence electrons. The molecule has 0 saturated heterocycles. The number of fused-ring (bicyclic) bond motifs is 9. The minimum atomic E-state index is -0.197. The summed E-state index contributed by atoms with van der Waals surface area (Å²) in [7, 11) is 0. The first kappa shape index (κ1) is 28.7. The quantitative estimate of drug-likeness (QED) is 0.158.